The summed E-state index contributed by atoms with van der Waals surface area (Å²) in [5, 5.41) is 15.1. The number of alkyl halides is 3. The van der Waals surface area contributed by atoms with Gasteiger partial charge < -0.3 is 30.9 Å². The van der Waals surface area contributed by atoms with Crippen LogP contribution in [-0.2, 0) is 26.2 Å². The number of fused-ring (bicyclic) bond motifs is 1. The molecule has 1 aromatic heterocycles. The van der Waals surface area contributed by atoms with Crippen LogP contribution in [0, 0.1) is 0 Å². The third-order valence-corrected chi connectivity index (χ3v) is 8.27. The van der Waals surface area contributed by atoms with Gasteiger partial charge in [-0.05, 0) is 79.7 Å². The molecule has 0 spiro atoms. The SMILES string of the molecule is CCNS(=O)(=O)c1ccccc1CNC(=O)C(Nc1ccc2c(N)nccc2c1)c1ccc(OC(C)C)c(OCC)c1.O=C(O)C(F)(F)F. The molecule has 264 valence electrons. The molecule has 49 heavy (non-hydrogen) atoms. The van der Waals surface area contributed by atoms with Crippen molar-refractivity contribution in [2.75, 3.05) is 24.2 Å². The van der Waals surface area contributed by atoms with Crippen molar-refractivity contribution in [2.45, 2.75) is 57.5 Å². The summed E-state index contributed by atoms with van der Waals surface area (Å²) in [6.45, 7) is 8.12. The third kappa shape index (κ3) is 10.7. The lowest BCUT2D eigenvalue weighted by molar-refractivity contribution is -0.192. The number of nitrogens with one attached hydrogen (secondary N) is 3. The highest BCUT2D eigenvalue weighted by Crippen LogP contribution is 2.33. The molecule has 12 nitrogen and oxygen atoms in total. The first kappa shape index (κ1) is 38.4. The van der Waals surface area contributed by atoms with Gasteiger partial charge in [-0.2, -0.15) is 13.2 Å². The van der Waals surface area contributed by atoms with Crippen molar-refractivity contribution < 1.29 is 45.8 Å². The minimum absolute atomic E-state index is 0.00456. The molecular formula is C33H38F3N5O7S. The Morgan fingerprint density at radius 1 is 1.00 bits per heavy atom. The second-order valence-corrected chi connectivity index (χ2v) is 12.4. The van der Waals surface area contributed by atoms with Crippen molar-refractivity contribution in [1.82, 2.24) is 15.0 Å². The van der Waals surface area contributed by atoms with Crippen LogP contribution in [-0.4, -0.2) is 55.8 Å². The third-order valence-electron chi connectivity index (χ3n) is 6.62. The summed E-state index contributed by atoms with van der Waals surface area (Å²) in [7, 11) is -3.72. The van der Waals surface area contributed by atoms with Crippen molar-refractivity contribution in [2.24, 2.45) is 0 Å². The van der Waals surface area contributed by atoms with Gasteiger partial charge in [0.15, 0.2) is 11.5 Å². The highest BCUT2D eigenvalue weighted by Gasteiger charge is 2.38. The monoisotopic (exact) mass is 705 g/mol. The Hall–Kier alpha value is -5.09. The lowest BCUT2D eigenvalue weighted by atomic mass is 10.0. The number of aromatic nitrogens is 1. The summed E-state index contributed by atoms with van der Waals surface area (Å²) in [6.07, 6.45) is -3.52. The molecule has 0 bridgehead atoms. The number of carboxylic acid groups (broad SMARTS) is 1. The molecule has 0 aliphatic rings. The first-order valence-corrected chi connectivity index (χ1v) is 16.5. The van der Waals surface area contributed by atoms with E-state index in [0.717, 1.165) is 10.8 Å². The number of nitrogens with zero attached hydrogens (tertiary/aromatic N) is 1. The van der Waals surface area contributed by atoms with Gasteiger partial charge in [0, 0.05) is 30.4 Å². The molecule has 4 aromatic rings. The fourth-order valence-corrected chi connectivity index (χ4v) is 5.82. The number of pyridine rings is 1. The molecule has 0 aliphatic heterocycles. The second-order valence-electron chi connectivity index (χ2n) is 10.6. The van der Waals surface area contributed by atoms with Crippen molar-refractivity contribution in [1.29, 1.82) is 0 Å². The van der Waals surface area contributed by atoms with Crippen molar-refractivity contribution in [3.05, 3.63) is 84.1 Å². The van der Waals surface area contributed by atoms with Crippen molar-refractivity contribution >= 4 is 44.2 Å². The Bertz CT molecular complexity index is 1870. The zero-order chi connectivity index (χ0) is 36.4. The van der Waals surface area contributed by atoms with Crippen LogP contribution in [0.25, 0.3) is 10.8 Å². The number of carbonyl (C=O) groups is 2. The Balaban J connectivity index is 0.000000838. The van der Waals surface area contributed by atoms with Gasteiger partial charge in [0.1, 0.15) is 11.9 Å². The van der Waals surface area contributed by atoms with E-state index in [0.29, 0.717) is 40.7 Å². The smallest absolute Gasteiger partial charge is 0.490 e. The van der Waals surface area contributed by atoms with E-state index in [1.165, 1.54) is 6.07 Å². The number of halogens is 3. The summed E-state index contributed by atoms with van der Waals surface area (Å²) >= 11 is 0. The number of hydrogen-bond donors (Lipinski definition) is 5. The van der Waals surface area contributed by atoms with Crippen LogP contribution in [0.5, 0.6) is 11.5 Å². The zero-order valence-electron chi connectivity index (χ0n) is 27.2. The molecule has 6 N–H and O–H groups in total. The maximum absolute atomic E-state index is 13.8. The first-order valence-electron chi connectivity index (χ1n) is 15.1. The van der Waals surface area contributed by atoms with Crippen LogP contribution in [0.2, 0.25) is 0 Å². The van der Waals surface area contributed by atoms with E-state index >= 15 is 0 Å². The molecule has 16 heteroatoms. The van der Waals surface area contributed by atoms with Gasteiger partial charge in [0.05, 0.1) is 17.6 Å². The number of amides is 1. The molecule has 1 unspecified atom stereocenters. The molecule has 1 atom stereocenters. The molecule has 1 heterocycles. The van der Waals surface area contributed by atoms with E-state index in [4.69, 9.17) is 25.1 Å². The average Bonchev–Trinajstić information content (AvgIpc) is 3.03. The van der Waals surface area contributed by atoms with Gasteiger partial charge in [0.25, 0.3) is 0 Å². The molecule has 0 aliphatic carbocycles. The number of carbonyl (C=O) groups excluding carboxylic acids is 1. The predicted octanol–water partition coefficient (Wildman–Crippen LogP) is 5.40. The topological polar surface area (TPSA) is 182 Å². The number of sulfonamides is 1. The van der Waals surface area contributed by atoms with Crippen LogP contribution in [0.1, 0.15) is 44.9 Å². The van der Waals surface area contributed by atoms with Gasteiger partial charge >= 0.3 is 12.1 Å². The van der Waals surface area contributed by atoms with E-state index in [9.17, 15) is 26.4 Å². The van der Waals surface area contributed by atoms with Crippen molar-refractivity contribution in [3.63, 3.8) is 0 Å². The number of ether oxygens (including phenoxy) is 2. The van der Waals surface area contributed by atoms with Crippen LogP contribution in [0.15, 0.2) is 77.8 Å². The Morgan fingerprint density at radius 2 is 1.69 bits per heavy atom. The normalized spacial score (nSPS) is 12.1. The molecule has 0 fully saturated rings. The number of hydrogen-bond acceptors (Lipinski definition) is 9. The van der Waals surface area contributed by atoms with Gasteiger partial charge in [-0.1, -0.05) is 31.2 Å². The Labute approximate surface area is 281 Å². The van der Waals surface area contributed by atoms with Gasteiger partial charge in [-0.25, -0.2) is 22.9 Å². The van der Waals surface area contributed by atoms with Gasteiger partial charge in [-0.3, -0.25) is 4.79 Å². The maximum Gasteiger partial charge on any atom is 0.490 e. The average molecular weight is 706 g/mol. The number of carboxylic acids is 1. The minimum atomic E-state index is -5.08. The van der Waals surface area contributed by atoms with Gasteiger partial charge in [0.2, 0.25) is 15.9 Å². The fraction of sp³-hybridized carbons (Fsp3) is 0.303. The van der Waals surface area contributed by atoms with Crippen LogP contribution >= 0.6 is 0 Å². The largest absolute Gasteiger partial charge is 0.490 e. The van der Waals surface area contributed by atoms with Crippen LogP contribution in [0.4, 0.5) is 24.7 Å². The zero-order valence-corrected chi connectivity index (χ0v) is 28.0. The Morgan fingerprint density at radius 3 is 2.33 bits per heavy atom. The summed E-state index contributed by atoms with van der Waals surface area (Å²) in [5.74, 6) is -1.61. The first-order chi connectivity index (χ1) is 23.1. The lowest BCUT2D eigenvalue weighted by Gasteiger charge is -2.23. The molecular weight excluding hydrogens is 667 g/mol. The van der Waals surface area contributed by atoms with E-state index in [2.05, 4.69) is 20.3 Å². The molecule has 3 aromatic carbocycles. The number of anilines is 2. The summed E-state index contributed by atoms with van der Waals surface area (Å²) in [4.78, 5) is 27.0. The van der Waals surface area contributed by atoms with Crippen LogP contribution < -0.4 is 30.6 Å². The lowest BCUT2D eigenvalue weighted by Crippen LogP contribution is -2.34. The Kier molecular flexibility index (Phi) is 13.2. The molecule has 1 amide bonds. The summed E-state index contributed by atoms with van der Waals surface area (Å²) < 4.78 is 71.5. The number of nitrogens with two attached hydrogens (primary N) is 1. The van der Waals surface area contributed by atoms with E-state index in [1.807, 2.05) is 51.1 Å². The fourth-order valence-electron chi connectivity index (χ4n) is 4.55. The predicted molar refractivity (Wildman–Crippen MR) is 179 cm³/mol. The minimum Gasteiger partial charge on any atom is -0.490 e. The van der Waals surface area contributed by atoms with Crippen LogP contribution in [0.3, 0.4) is 0 Å². The highest BCUT2D eigenvalue weighted by molar-refractivity contribution is 7.89. The van der Waals surface area contributed by atoms with Gasteiger partial charge in [-0.15, -0.1) is 0 Å². The van der Waals surface area contributed by atoms with E-state index in [-0.39, 0.29) is 30.0 Å². The number of rotatable bonds is 13. The molecule has 4 rings (SSSR count). The number of nitrogen functional groups attached to an aromatic ring is 1. The maximum atomic E-state index is 13.8. The summed E-state index contributed by atoms with van der Waals surface area (Å²) in [6, 6.07) is 18.5. The standard InChI is InChI=1S/C31H37N5O5S.C2HF3O2/c1-5-35-42(38,39)28-10-8-7-9-23(28)19-34-31(37)29(22-11-14-26(41-20(3)4)27(18-22)40-6-2)36-24-12-13-25-21(17-24)15-16-33-30(25)32;3-2(4,5)1(6)7/h7-18,20,29,35-36H,5-6,19H2,1-4H3,(H2,32,33)(H,34,37);(H,6,7). The number of benzene rings is 3. The molecule has 0 radical (unpaired) electrons. The second kappa shape index (κ2) is 16.8. The highest BCUT2D eigenvalue weighted by atomic mass is 32.2. The van der Waals surface area contributed by atoms with E-state index in [1.54, 1.807) is 43.5 Å². The molecule has 0 saturated carbocycles. The summed E-state index contributed by atoms with van der Waals surface area (Å²) in [5.41, 5.74) is 7.81. The van der Waals surface area contributed by atoms with Crippen molar-refractivity contribution in [3.8, 4) is 11.5 Å². The van der Waals surface area contributed by atoms with E-state index < -0.39 is 28.2 Å². The molecule has 0 saturated heterocycles. The number of aliphatic carboxylic acids is 1. The quantitative estimate of drug-likeness (QED) is 0.121.